The van der Waals surface area contributed by atoms with Crippen LogP contribution < -0.4 is 0 Å². The molecule has 3 atom stereocenters. The normalized spacial score (nSPS) is 24.9. The summed E-state index contributed by atoms with van der Waals surface area (Å²) in [6.45, 7) is 1.90. The number of carbonyl (C=O) groups is 1. The molecule has 134 valence electrons. The first kappa shape index (κ1) is 17.9. The number of nitrogens with zero attached hydrogens (tertiary/aromatic N) is 2. The average molecular weight is 419 g/mol. The van der Waals surface area contributed by atoms with E-state index in [9.17, 15) is 10.1 Å². The number of Topliss-reactive ketones (excluding diaryl/α,β-unsaturated/α-hetero) is 1. The van der Waals surface area contributed by atoms with Gasteiger partial charge in [-0.25, -0.2) is 0 Å². The number of benzene rings is 2. The molecule has 1 aliphatic heterocycles. The van der Waals surface area contributed by atoms with Crippen molar-refractivity contribution in [3.8, 4) is 6.07 Å². The second-order valence-corrected chi connectivity index (χ2v) is 8.10. The lowest BCUT2D eigenvalue weighted by Gasteiger charge is -2.35. The van der Waals surface area contributed by atoms with Gasteiger partial charge in [-0.2, -0.15) is 5.26 Å². The Morgan fingerprint density at radius 2 is 1.74 bits per heavy atom. The maximum atomic E-state index is 13.2. The molecule has 0 saturated carbocycles. The molecule has 3 nitrogen and oxygen atoms in total. The van der Waals surface area contributed by atoms with Gasteiger partial charge in [0.15, 0.2) is 5.78 Å². The first-order valence-electron chi connectivity index (χ1n) is 9.10. The highest BCUT2D eigenvalue weighted by Crippen LogP contribution is 2.46. The Kier molecular flexibility index (Phi) is 4.80. The lowest BCUT2D eigenvalue weighted by Crippen LogP contribution is -2.32. The molecule has 27 heavy (non-hydrogen) atoms. The molecular weight excluding hydrogens is 400 g/mol. The summed E-state index contributed by atoms with van der Waals surface area (Å²) >= 11 is 3.46. The summed E-state index contributed by atoms with van der Waals surface area (Å²) in [5.41, 5.74) is 4.57. The fourth-order valence-corrected chi connectivity index (χ4v) is 4.48. The Hall–Kier alpha value is -2.51. The van der Waals surface area contributed by atoms with Crippen molar-refractivity contribution in [2.24, 2.45) is 10.9 Å². The minimum atomic E-state index is -0.401. The molecule has 0 saturated heterocycles. The van der Waals surface area contributed by atoms with E-state index in [1.807, 2.05) is 49.4 Å². The summed E-state index contributed by atoms with van der Waals surface area (Å²) in [5.74, 6) is -0.366. The van der Waals surface area contributed by atoms with Crippen LogP contribution in [0, 0.1) is 17.2 Å². The zero-order valence-electron chi connectivity index (χ0n) is 15.0. The highest BCUT2D eigenvalue weighted by Gasteiger charge is 2.41. The molecule has 2 aromatic carbocycles. The predicted octanol–water partition coefficient (Wildman–Crippen LogP) is 5.55. The van der Waals surface area contributed by atoms with Crippen LogP contribution in [0.3, 0.4) is 0 Å². The van der Waals surface area contributed by atoms with Gasteiger partial charge in [0.25, 0.3) is 0 Å². The summed E-state index contributed by atoms with van der Waals surface area (Å²) in [5, 5.41) is 9.78. The van der Waals surface area contributed by atoms with Crippen molar-refractivity contribution in [1.82, 2.24) is 0 Å². The third kappa shape index (κ3) is 3.28. The largest absolute Gasteiger partial charge is 0.294 e. The Labute approximate surface area is 167 Å². The molecule has 0 aromatic heterocycles. The van der Waals surface area contributed by atoms with Crippen LogP contribution in [0.4, 0.5) is 0 Å². The van der Waals surface area contributed by atoms with Gasteiger partial charge < -0.3 is 0 Å². The van der Waals surface area contributed by atoms with Gasteiger partial charge in [-0.1, -0.05) is 58.4 Å². The van der Waals surface area contributed by atoms with Gasteiger partial charge in [0.2, 0.25) is 0 Å². The molecule has 0 amide bonds. The quantitative estimate of drug-likeness (QED) is 0.641. The first-order chi connectivity index (χ1) is 13.1. The van der Waals surface area contributed by atoms with Crippen LogP contribution >= 0.6 is 15.9 Å². The van der Waals surface area contributed by atoms with Crippen LogP contribution in [0.1, 0.15) is 42.7 Å². The lowest BCUT2D eigenvalue weighted by molar-refractivity contribution is -0.116. The summed E-state index contributed by atoms with van der Waals surface area (Å²) in [6, 6.07) is 20.5. The summed E-state index contributed by atoms with van der Waals surface area (Å²) in [6.07, 6.45) is 1.22. The van der Waals surface area contributed by atoms with Crippen molar-refractivity contribution in [1.29, 1.82) is 5.26 Å². The van der Waals surface area contributed by atoms with E-state index in [0.29, 0.717) is 6.42 Å². The highest BCUT2D eigenvalue weighted by molar-refractivity contribution is 9.10. The van der Waals surface area contributed by atoms with Crippen LogP contribution in [-0.4, -0.2) is 11.5 Å². The second kappa shape index (κ2) is 7.25. The van der Waals surface area contributed by atoms with Crippen LogP contribution in [0.5, 0.6) is 0 Å². The monoisotopic (exact) mass is 418 g/mol. The SMILES string of the molecule is CC1=NC2=C(C(=O)C[C@H](c3ccccc3)C2)[C@H](c2ccc(Br)cc2)C1C#N. The van der Waals surface area contributed by atoms with Crippen molar-refractivity contribution in [3.05, 3.63) is 81.5 Å². The van der Waals surface area contributed by atoms with E-state index in [2.05, 4.69) is 34.1 Å². The van der Waals surface area contributed by atoms with E-state index in [4.69, 9.17) is 4.99 Å². The number of carbonyl (C=O) groups excluding carboxylic acids is 1. The molecule has 0 radical (unpaired) electrons. The van der Waals surface area contributed by atoms with Crippen LogP contribution in [-0.2, 0) is 4.79 Å². The molecule has 1 unspecified atom stereocenters. The third-order valence-electron chi connectivity index (χ3n) is 5.53. The van der Waals surface area contributed by atoms with Crippen molar-refractivity contribution in [3.63, 3.8) is 0 Å². The van der Waals surface area contributed by atoms with Gasteiger partial charge in [0, 0.05) is 33.8 Å². The van der Waals surface area contributed by atoms with Gasteiger partial charge in [-0.05, 0) is 42.5 Å². The van der Waals surface area contributed by atoms with Crippen LogP contribution in [0.25, 0.3) is 0 Å². The Bertz CT molecular complexity index is 983. The van der Waals surface area contributed by atoms with Crippen LogP contribution in [0.2, 0.25) is 0 Å². The lowest BCUT2D eigenvalue weighted by atomic mass is 9.70. The van der Waals surface area contributed by atoms with Crippen LogP contribution in [0.15, 0.2) is 75.3 Å². The minimum absolute atomic E-state index is 0.120. The van der Waals surface area contributed by atoms with E-state index in [1.54, 1.807) is 0 Å². The summed E-state index contributed by atoms with van der Waals surface area (Å²) in [7, 11) is 0. The van der Waals surface area contributed by atoms with Crippen molar-refractivity contribution >= 4 is 27.4 Å². The van der Waals surface area contributed by atoms with Gasteiger partial charge in [0.1, 0.15) is 0 Å². The number of ketones is 1. The van der Waals surface area contributed by atoms with Gasteiger partial charge in [-0.3, -0.25) is 9.79 Å². The smallest absolute Gasteiger partial charge is 0.161 e. The van der Waals surface area contributed by atoms with Crippen molar-refractivity contribution in [2.45, 2.75) is 31.6 Å². The standard InChI is InChI=1S/C23H19BrN2O/c1-14-19(13-25)22(16-7-9-18(24)10-8-16)23-20(26-14)11-17(12-21(23)27)15-5-3-2-4-6-15/h2-10,17,19,22H,11-12H2,1H3/t17-,19?,22-/m1/s1. The number of hydrogen-bond acceptors (Lipinski definition) is 3. The topological polar surface area (TPSA) is 53.2 Å². The number of nitriles is 1. The Balaban J connectivity index is 1.79. The third-order valence-corrected chi connectivity index (χ3v) is 6.06. The molecule has 1 heterocycles. The Morgan fingerprint density at radius 1 is 1.04 bits per heavy atom. The highest BCUT2D eigenvalue weighted by atomic mass is 79.9. The number of aliphatic imine (C=N–C) groups is 1. The number of allylic oxidation sites excluding steroid dienone is 2. The fourth-order valence-electron chi connectivity index (χ4n) is 4.22. The van der Waals surface area contributed by atoms with E-state index < -0.39 is 5.92 Å². The number of hydrogen-bond donors (Lipinski definition) is 0. The molecule has 0 fully saturated rings. The van der Waals surface area contributed by atoms with Gasteiger partial charge in [0.05, 0.1) is 12.0 Å². The number of rotatable bonds is 2. The summed E-state index contributed by atoms with van der Waals surface area (Å²) < 4.78 is 0.981. The maximum Gasteiger partial charge on any atom is 0.161 e. The van der Waals surface area contributed by atoms with E-state index >= 15 is 0 Å². The molecule has 4 heteroatoms. The van der Waals surface area contributed by atoms with Gasteiger partial charge >= 0.3 is 0 Å². The zero-order valence-corrected chi connectivity index (χ0v) is 16.6. The molecule has 2 aliphatic rings. The van der Waals surface area contributed by atoms with E-state index in [-0.39, 0.29) is 17.6 Å². The van der Waals surface area contributed by atoms with Gasteiger partial charge in [-0.15, -0.1) is 0 Å². The molecular formula is C23H19BrN2O. The molecule has 1 aliphatic carbocycles. The Morgan fingerprint density at radius 3 is 2.41 bits per heavy atom. The molecule has 0 bridgehead atoms. The molecule has 4 rings (SSSR count). The predicted molar refractivity (Wildman–Crippen MR) is 110 cm³/mol. The van der Waals surface area contributed by atoms with Crippen molar-refractivity contribution < 1.29 is 4.79 Å². The first-order valence-corrected chi connectivity index (χ1v) is 9.89. The van der Waals surface area contributed by atoms with E-state index in [0.717, 1.165) is 33.4 Å². The summed E-state index contributed by atoms with van der Waals surface area (Å²) in [4.78, 5) is 17.9. The average Bonchev–Trinajstić information content (AvgIpc) is 2.68. The fraction of sp³-hybridized carbons (Fsp3) is 0.261. The zero-order chi connectivity index (χ0) is 19.0. The second-order valence-electron chi connectivity index (χ2n) is 7.19. The van der Waals surface area contributed by atoms with Crippen molar-refractivity contribution in [2.75, 3.05) is 0 Å². The molecule has 0 N–H and O–H groups in total. The minimum Gasteiger partial charge on any atom is -0.294 e. The van der Waals surface area contributed by atoms with E-state index in [1.165, 1.54) is 5.56 Å². The molecule has 2 aromatic rings. The number of halogens is 1. The molecule has 0 spiro atoms. The maximum absolute atomic E-state index is 13.2.